The zero-order chi connectivity index (χ0) is 12.0. The number of rotatable bonds is 5. The van der Waals surface area contributed by atoms with E-state index in [1.54, 1.807) is 6.92 Å². The van der Waals surface area contributed by atoms with Crippen molar-refractivity contribution in [3.8, 4) is 0 Å². The molecule has 0 heterocycles. The molecule has 0 aliphatic rings. The van der Waals surface area contributed by atoms with Crippen LogP contribution in [-0.4, -0.2) is 24.4 Å². The van der Waals surface area contributed by atoms with E-state index in [-0.39, 0.29) is 5.97 Å². The Morgan fingerprint density at radius 2 is 2.06 bits per heavy atom. The van der Waals surface area contributed by atoms with Gasteiger partial charge in [0.2, 0.25) is 0 Å². The summed E-state index contributed by atoms with van der Waals surface area (Å²) in [5.41, 5.74) is 11.9. The molecule has 0 saturated heterocycles. The van der Waals surface area contributed by atoms with Gasteiger partial charge in [-0.1, -0.05) is 0 Å². The van der Waals surface area contributed by atoms with Crippen LogP contribution in [0.2, 0.25) is 0 Å². The minimum Gasteiger partial charge on any atom is -0.465 e. The van der Waals surface area contributed by atoms with Gasteiger partial charge >= 0.3 is 5.97 Å². The monoisotopic (exact) mass is 240 g/mol. The van der Waals surface area contributed by atoms with Crippen LogP contribution in [0.3, 0.4) is 0 Å². The van der Waals surface area contributed by atoms with Gasteiger partial charge in [0.15, 0.2) is 0 Å². The fourth-order valence-corrected chi connectivity index (χ4v) is 1.90. The summed E-state index contributed by atoms with van der Waals surface area (Å²) in [6, 6.07) is 6.86. The Kier molecular flexibility index (Phi) is 5.14. The lowest BCUT2D eigenvalue weighted by Gasteiger charge is -2.09. The number of benzene rings is 1. The lowest BCUT2D eigenvalue weighted by atomic mass is 10.3. The first-order valence-electron chi connectivity index (χ1n) is 5.04. The van der Waals surface area contributed by atoms with Crippen molar-refractivity contribution in [1.29, 1.82) is 0 Å². The smallest absolute Gasteiger partial charge is 0.323 e. The van der Waals surface area contributed by atoms with Crippen molar-refractivity contribution in [3.05, 3.63) is 24.3 Å². The molecule has 5 heteroatoms. The van der Waals surface area contributed by atoms with Crippen molar-refractivity contribution in [3.63, 3.8) is 0 Å². The second-order valence-electron chi connectivity index (χ2n) is 3.24. The summed E-state index contributed by atoms with van der Waals surface area (Å²) in [5, 5.41) is 0. The Labute approximate surface area is 99.3 Å². The van der Waals surface area contributed by atoms with E-state index in [9.17, 15) is 4.79 Å². The van der Waals surface area contributed by atoms with Gasteiger partial charge in [-0.15, -0.1) is 11.8 Å². The maximum atomic E-state index is 11.2. The number of ether oxygens (including phenoxy) is 1. The molecule has 4 N–H and O–H groups in total. The van der Waals surface area contributed by atoms with E-state index in [0.717, 1.165) is 10.6 Å². The Morgan fingerprint density at radius 1 is 1.44 bits per heavy atom. The summed E-state index contributed by atoms with van der Waals surface area (Å²) in [5.74, 6) is 0.147. The SMILES string of the molecule is CCOC(=O)C(N)CSc1ccc(N)cc1. The van der Waals surface area contributed by atoms with Crippen molar-refractivity contribution in [1.82, 2.24) is 0 Å². The first kappa shape index (κ1) is 12.9. The van der Waals surface area contributed by atoms with Crippen LogP contribution in [0.25, 0.3) is 0 Å². The highest BCUT2D eigenvalue weighted by Crippen LogP contribution is 2.19. The number of anilines is 1. The summed E-state index contributed by atoms with van der Waals surface area (Å²) in [6.45, 7) is 2.12. The molecule has 0 saturated carbocycles. The van der Waals surface area contributed by atoms with Crippen LogP contribution in [0.15, 0.2) is 29.2 Å². The fraction of sp³-hybridized carbons (Fsp3) is 0.364. The molecule has 0 amide bonds. The first-order chi connectivity index (χ1) is 7.63. The second kappa shape index (κ2) is 6.40. The minimum atomic E-state index is -0.581. The molecule has 0 radical (unpaired) electrons. The Morgan fingerprint density at radius 3 is 2.62 bits per heavy atom. The van der Waals surface area contributed by atoms with Crippen LogP contribution in [0, 0.1) is 0 Å². The predicted octanol–water partition coefficient (Wildman–Crippen LogP) is 1.25. The molecule has 1 aromatic carbocycles. The highest BCUT2D eigenvalue weighted by Gasteiger charge is 2.14. The van der Waals surface area contributed by atoms with E-state index in [2.05, 4.69) is 0 Å². The van der Waals surface area contributed by atoms with Crippen LogP contribution in [0.1, 0.15) is 6.92 Å². The summed E-state index contributed by atoms with van der Waals surface area (Å²) in [6.07, 6.45) is 0. The number of carbonyl (C=O) groups excluding carboxylic acids is 1. The van der Waals surface area contributed by atoms with Crippen LogP contribution in [0.4, 0.5) is 5.69 Å². The molecule has 0 aromatic heterocycles. The number of thioether (sulfide) groups is 1. The number of carbonyl (C=O) groups is 1. The third-order valence-corrected chi connectivity index (χ3v) is 3.03. The molecule has 16 heavy (non-hydrogen) atoms. The highest BCUT2D eigenvalue weighted by atomic mass is 32.2. The summed E-state index contributed by atoms with van der Waals surface area (Å²) >= 11 is 1.51. The maximum Gasteiger partial charge on any atom is 0.323 e. The van der Waals surface area contributed by atoms with Gasteiger partial charge in [-0.05, 0) is 31.2 Å². The Balaban J connectivity index is 2.39. The number of hydrogen-bond donors (Lipinski definition) is 2. The van der Waals surface area contributed by atoms with Gasteiger partial charge < -0.3 is 16.2 Å². The zero-order valence-electron chi connectivity index (χ0n) is 9.18. The van der Waals surface area contributed by atoms with Crippen molar-refractivity contribution < 1.29 is 9.53 Å². The van der Waals surface area contributed by atoms with E-state index in [4.69, 9.17) is 16.2 Å². The third kappa shape index (κ3) is 4.12. The molecule has 0 aliphatic heterocycles. The predicted molar refractivity (Wildman–Crippen MR) is 66.2 cm³/mol. The fourth-order valence-electron chi connectivity index (χ4n) is 1.07. The van der Waals surface area contributed by atoms with Gasteiger partial charge in [0.05, 0.1) is 6.61 Å². The summed E-state index contributed by atoms with van der Waals surface area (Å²) < 4.78 is 4.81. The van der Waals surface area contributed by atoms with Crippen LogP contribution in [-0.2, 0) is 9.53 Å². The highest BCUT2D eigenvalue weighted by molar-refractivity contribution is 7.99. The second-order valence-corrected chi connectivity index (χ2v) is 4.33. The zero-order valence-corrected chi connectivity index (χ0v) is 10.00. The van der Waals surface area contributed by atoms with Crippen LogP contribution in [0.5, 0.6) is 0 Å². The molecule has 4 nitrogen and oxygen atoms in total. The molecule has 88 valence electrons. The summed E-state index contributed by atoms with van der Waals surface area (Å²) in [7, 11) is 0. The van der Waals surface area contributed by atoms with Gasteiger partial charge in [-0.25, -0.2) is 0 Å². The van der Waals surface area contributed by atoms with Gasteiger partial charge in [0.1, 0.15) is 6.04 Å². The normalized spacial score (nSPS) is 12.1. The first-order valence-corrected chi connectivity index (χ1v) is 6.02. The maximum absolute atomic E-state index is 11.2. The minimum absolute atomic E-state index is 0.356. The lowest BCUT2D eigenvalue weighted by molar-refractivity contribution is -0.144. The third-order valence-electron chi connectivity index (χ3n) is 1.90. The van der Waals surface area contributed by atoms with E-state index in [0.29, 0.717) is 12.4 Å². The average molecular weight is 240 g/mol. The molecule has 1 atom stereocenters. The number of nitrogen functional groups attached to an aromatic ring is 1. The lowest BCUT2D eigenvalue weighted by Crippen LogP contribution is -2.34. The molecule has 1 rings (SSSR count). The van der Waals surface area contributed by atoms with Crippen molar-refractivity contribution in [2.45, 2.75) is 17.9 Å². The summed E-state index contributed by atoms with van der Waals surface area (Å²) in [4.78, 5) is 12.3. The topological polar surface area (TPSA) is 78.3 Å². The molecular formula is C11H16N2O2S. The Bertz CT molecular complexity index is 340. The number of hydrogen-bond acceptors (Lipinski definition) is 5. The van der Waals surface area contributed by atoms with Crippen molar-refractivity contribution >= 4 is 23.4 Å². The molecule has 0 bridgehead atoms. The number of nitrogens with two attached hydrogens (primary N) is 2. The van der Waals surface area contributed by atoms with Crippen LogP contribution >= 0.6 is 11.8 Å². The quantitative estimate of drug-likeness (QED) is 0.460. The van der Waals surface area contributed by atoms with E-state index in [1.165, 1.54) is 11.8 Å². The van der Waals surface area contributed by atoms with Crippen molar-refractivity contribution in [2.24, 2.45) is 5.73 Å². The molecule has 1 aromatic rings. The molecule has 0 spiro atoms. The van der Waals surface area contributed by atoms with Gasteiger partial charge in [0, 0.05) is 16.3 Å². The standard InChI is InChI=1S/C11H16N2O2S/c1-2-15-11(14)10(13)7-16-9-5-3-8(12)4-6-9/h3-6,10H,2,7,12-13H2,1H3. The molecule has 1 unspecified atom stereocenters. The van der Waals surface area contributed by atoms with E-state index in [1.807, 2.05) is 24.3 Å². The molecule has 0 aliphatic carbocycles. The largest absolute Gasteiger partial charge is 0.465 e. The molecule has 0 fully saturated rings. The van der Waals surface area contributed by atoms with E-state index >= 15 is 0 Å². The average Bonchev–Trinajstić information content (AvgIpc) is 2.28. The van der Waals surface area contributed by atoms with Crippen LogP contribution < -0.4 is 11.5 Å². The van der Waals surface area contributed by atoms with Gasteiger partial charge in [0.25, 0.3) is 0 Å². The van der Waals surface area contributed by atoms with Gasteiger partial charge in [-0.3, -0.25) is 4.79 Å². The van der Waals surface area contributed by atoms with Crippen molar-refractivity contribution in [2.75, 3.05) is 18.1 Å². The molecular weight excluding hydrogens is 224 g/mol. The Hall–Kier alpha value is -1.20. The van der Waals surface area contributed by atoms with Gasteiger partial charge in [-0.2, -0.15) is 0 Å². The number of esters is 1. The van der Waals surface area contributed by atoms with E-state index < -0.39 is 6.04 Å².